The van der Waals surface area contributed by atoms with Crippen molar-refractivity contribution in [3.63, 3.8) is 0 Å². The molecule has 2 N–H and O–H groups in total. The molecular formula is C18H26N2O4S. The summed E-state index contributed by atoms with van der Waals surface area (Å²) in [6.45, 7) is 1.27. The van der Waals surface area contributed by atoms with Gasteiger partial charge in [-0.1, -0.05) is 18.2 Å². The van der Waals surface area contributed by atoms with Crippen LogP contribution < -0.4 is 10.1 Å². The van der Waals surface area contributed by atoms with Gasteiger partial charge in [-0.25, -0.2) is 0 Å². The summed E-state index contributed by atoms with van der Waals surface area (Å²) in [6.07, 6.45) is 3.66. The van der Waals surface area contributed by atoms with E-state index in [1.165, 1.54) is 11.8 Å². The van der Waals surface area contributed by atoms with Gasteiger partial charge in [-0.05, 0) is 37.7 Å². The third kappa shape index (κ3) is 6.59. The molecule has 6 nitrogen and oxygen atoms in total. The number of likely N-dealkylation sites (tertiary alicyclic amines) is 1. The quantitative estimate of drug-likeness (QED) is 0.760. The Morgan fingerprint density at radius 2 is 2.04 bits per heavy atom. The molecule has 1 atom stereocenters. The monoisotopic (exact) mass is 366 g/mol. The number of thioether (sulfide) groups is 1. The minimum absolute atomic E-state index is 0.0849. The first-order valence-electron chi connectivity index (χ1n) is 8.46. The van der Waals surface area contributed by atoms with Crippen LogP contribution in [0.5, 0.6) is 5.75 Å². The Morgan fingerprint density at radius 1 is 1.28 bits per heavy atom. The first-order valence-corrected chi connectivity index (χ1v) is 9.85. The highest BCUT2D eigenvalue weighted by Gasteiger charge is 2.31. The number of benzene rings is 1. The summed E-state index contributed by atoms with van der Waals surface area (Å²) in [4.78, 5) is 25.7. The number of nitrogens with one attached hydrogen (secondary N) is 1. The highest BCUT2D eigenvalue weighted by molar-refractivity contribution is 7.99. The first-order chi connectivity index (χ1) is 12.0. The minimum atomic E-state index is -0.975. The molecule has 1 heterocycles. The van der Waals surface area contributed by atoms with Gasteiger partial charge in [-0.15, -0.1) is 0 Å². The number of rotatable bonds is 7. The molecule has 2 amide bonds. The molecule has 0 spiro atoms. The number of nitrogens with zero attached hydrogens (tertiary/aromatic N) is 1. The average Bonchev–Trinajstić information content (AvgIpc) is 2.82. The summed E-state index contributed by atoms with van der Waals surface area (Å²) >= 11 is 1.50. The lowest BCUT2D eigenvalue weighted by Crippen LogP contribution is -2.45. The fraction of sp³-hybridized carbons (Fsp3) is 0.556. The van der Waals surface area contributed by atoms with Crippen molar-refractivity contribution < 1.29 is 19.4 Å². The summed E-state index contributed by atoms with van der Waals surface area (Å²) in [7, 11) is 0. The Morgan fingerprint density at radius 3 is 2.76 bits per heavy atom. The smallest absolute Gasteiger partial charge is 0.258 e. The van der Waals surface area contributed by atoms with E-state index in [0.717, 1.165) is 6.42 Å². The highest BCUT2D eigenvalue weighted by atomic mass is 32.2. The average molecular weight is 366 g/mol. The molecule has 0 radical (unpaired) electrons. The predicted molar refractivity (Wildman–Crippen MR) is 98.7 cm³/mol. The lowest BCUT2D eigenvalue weighted by molar-refractivity contribution is -0.128. The van der Waals surface area contributed by atoms with Gasteiger partial charge in [-0.2, -0.15) is 11.8 Å². The molecule has 2 rings (SSSR count). The number of hydrogen-bond donors (Lipinski definition) is 2. The standard InChI is InChI=1S/C18H26N2O4S/c1-25-13-17(22)20-10-5-8-18(23,9-11-20)14-19-16(21)12-24-15-6-3-2-4-7-15/h2-4,6-7,23H,5,8-14H2,1H3,(H,19,21). The van der Waals surface area contributed by atoms with Gasteiger partial charge in [0.15, 0.2) is 6.61 Å². The molecule has 0 aliphatic carbocycles. The zero-order chi connectivity index (χ0) is 18.1. The van der Waals surface area contributed by atoms with E-state index in [4.69, 9.17) is 4.74 Å². The number of carbonyl (C=O) groups excluding carboxylic acids is 2. The maximum absolute atomic E-state index is 12.0. The zero-order valence-electron chi connectivity index (χ0n) is 14.6. The first kappa shape index (κ1) is 19.6. The Bertz CT molecular complexity index is 569. The molecule has 1 unspecified atom stereocenters. The Hall–Kier alpha value is -1.73. The van der Waals surface area contributed by atoms with Crippen LogP contribution in [0.4, 0.5) is 0 Å². The van der Waals surface area contributed by atoms with Gasteiger partial charge in [0, 0.05) is 19.6 Å². The molecule has 7 heteroatoms. The summed E-state index contributed by atoms with van der Waals surface area (Å²) in [5.74, 6) is 0.939. The van der Waals surface area contributed by atoms with Crippen LogP contribution in [0.15, 0.2) is 30.3 Å². The van der Waals surface area contributed by atoms with Crippen LogP contribution in [0.3, 0.4) is 0 Å². The van der Waals surface area contributed by atoms with Crippen LogP contribution in [0, 0.1) is 0 Å². The van der Waals surface area contributed by atoms with Crippen molar-refractivity contribution in [2.45, 2.75) is 24.9 Å². The second kappa shape index (κ2) is 9.68. The third-order valence-electron chi connectivity index (χ3n) is 4.27. The van der Waals surface area contributed by atoms with Crippen molar-refractivity contribution in [3.05, 3.63) is 30.3 Å². The molecule has 1 aromatic rings. The molecule has 0 saturated carbocycles. The number of amides is 2. The molecule has 1 aliphatic heterocycles. The molecule has 1 aromatic carbocycles. The molecule has 0 bridgehead atoms. The topological polar surface area (TPSA) is 78.9 Å². The molecule has 1 saturated heterocycles. The fourth-order valence-electron chi connectivity index (χ4n) is 2.80. The summed E-state index contributed by atoms with van der Waals surface area (Å²) in [6, 6.07) is 9.12. The number of para-hydroxylation sites is 1. The molecule has 1 fully saturated rings. The van der Waals surface area contributed by atoms with Crippen molar-refractivity contribution in [1.29, 1.82) is 0 Å². The fourth-order valence-corrected chi connectivity index (χ4v) is 3.23. The molecule has 1 aliphatic rings. The van der Waals surface area contributed by atoms with Crippen LogP contribution >= 0.6 is 11.8 Å². The van der Waals surface area contributed by atoms with Crippen LogP contribution in [0.25, 0.3) is 0 Å². The number of aliphatic hydroxyl groups is 1. The Balaban J connectivity index is 1.75. The lowest BCUT2D eigenvalue weighted by atomic mass is 9.95. The molecule has 138 valence electrons. The van der Waals surface area contributed by atoms with Gasteiger partial charge in [0.25, 0.3) is 5.91 Å². The van der Waals surface area contributed by atoms with Crippen LogP contribution in [-0.2, 0) is 9.59 Å². The van der Waals surface area contributed by atoms with Crippen molar-refractivity contribution in [2.75, 3.05) is 38.2 Å². The summed E-state index contributed by atoms with van der Waals surface area (Å²) < 4.78 is 5.39. The number of ether oxygens (including phenoxy) is 1. The lowest BCUT2D eigenvalue weighted by Gasteiger charge is -2.27. The van der Waals surface area contributed by atoms with Crippen molar-refractivity contribution in [1.82, 2.24) is 10.2 Å². The largest absolute Gasteiger partial charge is 0.484 e. The van der Waals surface area contributed by atoms with E-state index in [-0.39, 0.29) is 25.0 Å². The minimum Gasteiger partial charge on any atom is -0.484 e. The third-order valence-corrected chi connectivity index (χ3v) is 4.80. The van der Waals surface area contributed by atoms with E-state index in [0.29, 0.717) is 37.4 Å². The SMILES string of the molecule is CSCC(=O)N1CCCC(O)(CNC(=O)COc2ccccc2)CC1. The van der Waals surface area contributed by atoms with Crippen LogP contribution in [-0.4, -0.2) is 65.7 Å². The number of hydrogen-bond acceptors (Lipinski definition) is 5. The van der Waals surface area contributed by atoms with Crippen LogP contribution in [0.1, 0.15) is 19.3 Å². The predicted octanol–water partition coefficient (Wildman–Crippen LogP) is 1.29. The van der Waals surface area contributed by atoms with Gasteiger partial charge < -0.3 is 20.1 Å². The van der Waals surface area contributed by atoms with Gasteiger partial charge in [0.2, 0.25) is 5.91 Å². The van der Waals surface area contributed by atoms with E-state index < -0.39 is 5.60 Å². The molecule has 25 heavy (non-hydrogen) atoms. The molecular weight excluding hydrogens is 340 g/mol. The van der Waals surface area contributed by atoms with Gasteiger partial charge in [0.1, 0.15) is 5.75 Å². The van der Waals surface area contributed by atoms with E-state index in [9.17, 15) is 14.7 Å². The van der Waals surface area contributed by atoms with Crippen molar-refractivity contribution in [2.24, 2.45) is 0 Å². The number of carbonyl (C=O) groups is 2. The highest BCUT2D eigenvalue weighted by Crippen LogP contribution is 2.22. The second-order valence-electron chi connectivity index (χ2n) is 6.27. The summed E-state index contributed by atoms with van der Waals surface area (Å²) in [5, 5.41) is 13.5. The van der Waals surface area contributed by atoms with E-state index in [1.54, 1.807) is 17.0 Å². The van der Waals surface area contributed by atoms with Crippen molar-refractivity contribution in [3.8, 4) is 5.75 Å². The van der Waals surface area contributed by atoms with Gasteiger partial charge in [-0.3, -0.25) is 9.59 Å². The molecule has 0 aromatic heterocycles. The van der Waals surface area contributed by atoms with Crippen LogP contribution in [0.2, 0.25) is 0 Å². The van der Waals surface area contributed by atoms with Gasteiger partial charge in [0.05, 0.1) is 11.4 Å². The van der Waals surface area contributed by atoms with E-state index >= 15 is 0 Å². The summed E-state index contributed by atoms with van der Waals surface area (Å²) in [5.41, 5.74) is -0.975. The van der Waals surface area contributed by atoms with E-state index in [2.05, 4.69) is 5.32 Å². The maximum atomic E-state index is 12.0. The second-order valence-corrected chi connectivity index (χ2v) is 7.14. The van der Waals surface area contributed by atoms with Gasteiger partial charge >= 0.3 is 0 Å². The Labute approximate surface area is 152 Å². The zero-order valence-corrected chi connectivity index (χ0v) is 15.4. The normalized spacial score (nSPS) is 20.6. The maximum Gasteiger partial charge on any atom is 0.258 e. The Kier molecular flexibility index (Phi) is 7.58. The van der Waals surface area contributed by atoms with E-state index in [1.807, 2.05) is 24.5 Å². The van der Waals surface area contributed by atoms with Crippen molar-refractivity contribution >= 4 is 23.6 Å².